The Balaban J connectivity index is 2.17. The average Bonchev–Trinajstić information content (AvgIpc) is 2.59. The van der Waals surface area contributed by atoms with Crippen LogP contribution < -0.4 is 14.2 Å². The lowest BCUT2D eigenvalue weighted by atomic mass is 10.0. The highest BCUT2D eigenvalue weighted by molar-refractivity contribution is 5.87. The Morgan fingerprint density at radius 2 is 1.54 bits per heavy atom. The van der Waals surface area contributed by atoms with E-state index in [1.165, 1.54) is 0 Å². The first-order valence-corrected chi connectivity index (χ1v) is 7.61. The van der Waals surface area contributed by atoms with Crippen LogP contribution in [0.5, 0.6) is 17.2 Å². The number of hydrogen-bond donors (Lipinski definition) is 0. The zero-order chi connectivity index (χ0) is 17.3. The van der Waals surface area contributed by atoms with E-state index in [0.717, 1.165) is 33.3 Å². The van der Waals surface area contributed by atoms with Crippen LogP contribution in [0.15, 0.2) is 30.5 Å². The summed E-state index contributed by atoms with van der Waals surface area (Å²) in [7, 11) is 4.93. The van der Waals surface area contributed by atoms with E-state index in [2.05, 4.69) is 9.97 Å². The monoisotopic (exact) mass is 324 g/mol. The highest BCUT2D eigenvalue weighted by Gasteiger charge is 2.12. The van der Waals surface area contributed by atoms with Gasteiger partial charge in [0.25, 0.3) is 0 Å². The van der Waals surface area contributed by atoms with Crippen LogP contribution in [-0.4, -0.2) is 31.3 Å². The minimum absolute atomic E-state index is 0.659. The van der Waals surface area contributed by atoms with Gasteiger partial charge in [0.15, 0.2) is 5.82 Å². The van der Waals surface area contributed by atoms with Crippen LogP contribution in [0.3, 0.4) is 0 Å². The molecule has 0 aliphatic carbocycles. The summed E-state index contributed by atoms with van der Waals surface area (Å²) in [6.45, 7) is 4.03. The Hall–Kier alpha value is -2.82. The summed E-state index contributed by atoms with van der Waals surface area (Å²) in [6, 6.07) is 7.77. The Morgan fingerprint density at radius 3 is 2.12 bits per heavy atom. The molecule has 0 radical (unpaired) electrons. The van der Waals surface area contributed by atoms with Crippen molar-refractivity contribution in [3.63, 3.8) is 0 Å². The van der Waals surface area contributed by atoms with E-state index in [1.54, 1.807) is 27.5 Å². The van der Waals surface area contributed by atoms with Crippen molar-refractivity contribution < 1.29 is 14.2 Å². The lowest BCUT2D eigenvalue weighted by Gasteiger charge is -2.12. The number of fused-ring (bicyclic) bond motifs is 1. The minimum atomic E-state index is 0.659. The molecule has 0 unspecified atom stereocenters. The second-order valence-corrected chi connectivity index (χ2v) is 5.60. The predicted molar refractivity (Wildman–Crippen MR) is 94.1 cm³/mol. The maximum atomic E-state index is 5.42. The molecule has 0 saturated carbocycles. The Kier molecular flexibility index (Phi) is 4.25. The fourth-order valence-corrected chi connectivity index (χ4v) is 2.91. The largest absolute Gasteiger partial charge is 0.497 e. The first kappa shape index (κ1) is 16.1. The number of aryl methyl sites for hydroxylation is 2. The van der Waals surface area contributed by atoms with E-state index in [9.17, 15) is 0 Å². The molecule has 2 aromatic carbocycles. The molecule has 0 aliphatic heterocycles. The minimum Gasteiger partial charge on any atom is -0.497 e. The predicted octanol–water partition coefficient (Wildman–Crippen LogP) is 3.94. The van der Waals surface area contributed by atoms with Crippen molar-refractivity contribution in [2.75, 3.05) is 21.3 Å². The van der Waals surface area contributed by atoms with Crippen molar-refractivity contribution in [3.05, 3.63) is 41.6 Å². The van der Waals surface area contributed by atoms with Crippen molar-refractivity contribution in [3.8, 4) is 28.6 Å². The second kappa shape index (κ2) is 6.35. The molecule has 124 valence electrons. The zero-order valence-electron chi connectivity index (χ0n) is 14.5. The van der Waals surface area contributed by atoms with Gasteiger partial charge in [-0.15, -0.1) is 0 Å². The summed E-state index contributed by atoms with van der Waals surface area (Å²) in [5.74, 6) is 2.94. The molecule has 24 heavy (non-hydrogen) atoms. The van der Waals surface area contributed by atoms with Gasteiger partial charge in [-0.25, -0.2) is 9.97 Å². The van der Waals surface area contributed by atoms with Gasteiger partial charge in [-0.05, 0) is 37.1 Å². The summed E-state index contributed by atoms with van der Waals surface area (Å²) in [6.07, 6.45) is 1.78. The van der Waals surface area contributed by atoms with E-state index in [-0.39, 0.29) is 0 Å². The molecule has 5 nitrogen and oxygen atoms in total. The van der Waals surface area contributed by atoms with E-state index in [0.29, 0.717) is 17.3 Å². The number of ether oxygens (including phenoxy) is 3. The van der Waals surface area contributed by atoms with Gasteiger partial charge in [-0.3, -0.25) is 0 Å². The lowest BCUT2D eigenvalue weighted by Crippen LogP contribution is -1.96. The third-order valence-electron chi connectivity index (χ3n) is 4.01. The molecular formula is C19H20N2O3. The highest BCUT2D eigenvalue weighted by Crippen LogP contribution is 2.32. The lowest BCUT2D eigenvalue weighted by molar-refractivity contribution is 0.397. The van der Waals surface area contributed by atoms with Crippen LogP contribution in [0.2, 0.25) is 0 Å². The summed E-state index contributed by atoms with van der Waals surface area (Å²) in [5, 5.41) is 0.851. The highest BCUT2D eigenvalue weighted by atomic mass is 16.5. The molecular weight excluding hydrogens is 304 g/mol. The smallest absolute Gasteiger partial charge is 0.159 e. The second-order valence-electron chi connectivity index (χ2n) is 5.60. The number of aromatic nitrogens is 2. The van der Waals surface area contributed by atoms with Crippen molar-refractivity contribution in [2.24, 2.45) is 0 Å². The number of nitrogens with zero attached hydrogens (tertiary/aromatic N) is 2. The molecule has 3 aromatic rings. The maximum absolute atomic E-state index is 5.42. The van der Waals surface area contributed by atoms with E-state index < -0.39 is 0 Å². The Labute approximate surface area is 141 Å². The first-order valence-electron chi connectivity index (χ1n) is 7.61. The van der Waals surface area contributed by atoms with Crippen LogP contribution >= 0.6 is 0 Å². The van der Waals surface area contributed by atoms with Crippen molar-refractivity contribution >= 4 is 10.9 Å². The molecule has 5 heteroatoms. The summed E-state index contributed by atoms with van der Waals surface area (Å²) in [5.41, 5.74) is 3.84. The molecule has 1 heterocycles. The average molecular weight is 324 g/mol. The topological polar surface area (TPSA) is 53.5 Å². The van der Waals surface area contributed by atoms with Crippen LogP contribution in [-0.2, 0) is 0 Å². The van der Waals surface area contributed by atoms with Crippen LogP contribution in [0, 0.1) is 13.8 Å². The number of methoxy groups -OCH3 is 3. The SMILES string of the molecule is COc1cc(OC)c2cnc(-c3cc(C)c(OC)c(C)c3)nc2c1. The van der Waals surface area contributed by atoms with E-state index in [1.807, 2.05) is 38.1 Å². The molecule has 0 aliphatic rings. The number of hydrogen-bond acceptors (Lipinski definition) is 5. The quantitative estimate of drug-likeness (QED) is 0.727. The van der Waals surface area contributed by atoms with Gasteiger partial charge in [0, 0.05) is 23.9 Å². The summed E-state index contributed by atoms with van der Waals surface area (Å²) >= 11 is 0. The molecule has 0 bridgehead atoms. The normalized spacial score (nSPS) is 10.7. The standard InChI is InChI=1S/C19H20N2O3/c1-11-6-13(7-12(2)18(11)24-5)19-20-10-15-16(21-19)8-14(22-3)9-17(15)23-4/h6-10H,1-5H3. The summed E-state index contributed by atoms with van der Waals surface area (Å²) in [4.78, 5) is 9.19. The molecule has 1 aromatic heterocycles. The third kappa shape index (κ3) is 2.73. The van der Waals surface area contributed by atoms with Gasteiger partial charge in [-0.1, -0.05) is 0 Å². The van der Waals surface area contributed by atoms with Crippen LogP contribution in [0.4, 0.5) is 0 Å². The first-order chi connectivity index (χ1) is 11.6. The molecule has 0 saturated heterocycles. The molecule has 0 spiro atoms. The van der Waals surface area contributed by atoms with Gasteiger partial charge in [0.1, 0.15) is 17.2 Å². The van der Waals surface area contributed by atoms with E-state index in [4.69, 9.17) is 14.2 Å². The van der Waals surface area contributed by atoms with Crippen molar-refractivity contribution in [2.45, 2.75) is 13.8 Å². The van der Waals surface area contributed by atoms with Crippen molar-refractivity contribution in [1.82, 2.24) is 9.97 Å². The number of rotatable bonds is 4. The molecule has 0 atom stereocenters. The molecule has 0 N–H and O–H groups in total. The zero-order valence-corrected chi connectivity index (χ0v) is 14.5. The maximum Gasteiger partial charge on any atom is 0.159 e. The van der Waals surface area contributed by atoms with Gasteiger partial charge >= 0.3 is 0 Å². The molecule has 3 rings (SSSR count). The molecule has 0 fully saturated rings. The molecule has 0 amide bonds. The van der Waals surface area contributed by atoms with Gasteiger partial charge in [0.2, 0.25) is 0 Å². The summed E-state index contributed by atoms with van der Waals surface area (Å²) < 4.78 is 16.2. The Bertz CT molecular complexity index is 883. The van der Waals surface area contributed by atoms with Gasteiger partial charge in [-0.2, -0.15) is 0 Å². The Morgan fingerprint density at radius 1 is 0.833 bits per heavy atom. The third-order valence-corrected chi connectivity index (χ3v) is 4.01. The van der Waals surface area contributed by atoms with Crippen LogP contribution in [0.1, 0.15) is 11.1 Å². The van der Waals surface area contributed by atoms with Crippen molar-refractivity contribution in [1.29, 1.82) is 0 Å². The van der Waals surface area contributed by atoms with Crippen LogP contribution in [0.25, 0.3) is 22.3 Å². The van der Waals surface area contributed by atoms with Gasteiger partial charge in [0.05, 0.1) is 32.2 Å². The fourth-order valence-electron chi connectivity index (χ4n) is 2.91. The van der Waals surface area contributed by atoms with E-state index >= 15 is 0 Å². The number of benzene rings is 2. The van der Waals surface area contributed by atoms with Gasteiger partial charge < -0.3 is 14.2 Å². The fraction of sp³-hybridized carbons (Fsp3) is 0.263.